The molecule has 2 heterocycles. The molecule has 1 aromatic heterocycles. The Morgan fingerprint density at radius 3 is 2.48 bits per heavy atom. The molecular weight excluding hydrogens is 439 g/mol. The minimum Gasteiger partial charge on any atom is -0.489 e. The molecule has 1 aliphatic heterocycles. The maximum atomic E-state index is 12.7. The number of nitrogens with one attached hydrogen (secondary N) is 4. The number of piperidine rings is 1. The third-order valence-corrected chi connectivity index (χ3v) is 6.09. The molecule has 168 valence electrons. The van der Waals surface area contributed by atoms with Crippen LogP contribution in [0, 0.1) is 12.8 Å². The SMILES string of the molecule is Cc1[nH]c(C(=O)Nc2ccc(C(=O)NCC3CCNCC3)cc2OC(C)C)c(Cl)c1Cl. The molecule has 1 aromatic carbocycles. The van der Waals surface area contributed by atoms with Crippen molar-refractivity contribution < 1.29 is 14.3 Å². The quantitative estimate of drug-likeness (QED) is 0.486. The first kappa shape index (κ1) is 23.4. The molecule has 0 atom stereocenters. The van der Waals surface area contributed by atoms with Crippen LogP contribution in [0.15, 0.2) is 18.2 Å². The number of hydrogen-bond acceptors (Lipinski definition) is 4. The number of aryl methyl sites for hydroxylation is 1. The Bertz CT molecular complexity index is 952. The lowest BCUT2D eigenvalue weighted by Crippen LogP contribution is -2.36. The van der Waals surface area contributed by atoms with E-state index < -0.39 is 5.91 Å². The first-order valence-corrected chi connectivity index (χ1v) is 11.2. The molecular formula is C22H28Cl2N4O3. The lowest BCUT2D eigenvalue weighted by atomic mass is 9.98. The van der Waals surface area contributed by atoms with E-state index in [0.717, 1.165) is 25.9 Å². The smallest absolute Gasteiger partial charge is 0.273 e. The zero-order chi connectivity index (χ0) is 22.5. The number of aromatic nitrogens is 1. The second-order valence-electron chi connectivity index (χ2n) is 7.99. The number of hydrogen-bond donors (Lipinski definition) is 4. The summed E-state index contributed by atoms with van der Waals surface area (Å²) in [5.41, 5.74) is 1.69. The number of anilines is 1. The summed E-state index contributed by atoms with van der Waals surface area (Å²) < 4.78 is 5.85. The summed E-state index contributed by atoms with van der Waals surface area (Å²) in [6.45, 7) is 8.09. The highest BCUT2D eigenvalue weighted by molar-refractivity contribution is 6.44. The summed E-state index contributed by atoms with van der Waals surface area (Å²) >= 11 is 12.2. The largest absolute Gasteiger partial charge is 0.489 e. The number of H-pyrrole nitrogens is 1. The van der Waals surface area contributed by atoms with E-state index in [1.165, 1.54) is 0 Å². The maximum Gasteiger partial charge on any atom is 0.273 e. The van der Waals surface area contributed by atoms with Crippen LogP contribution in [0.1, 0.15) is 53.2 Å². The molecule has 3 rings (SSSR count). The van der Waals surface area contributed by atoms with Crippen molar-refractivity contribution in [2.24, 2.45) is 5.92 Å². The Hall–Kier alpha value is -2.22. The second-order valence-corrected chi connectivity index (χ2v) is 8.74. The van der Waals surface area contributed by atoms with E-state index >= 15 is 0 Å². The molecule has 0 spiro atoms. The first-order chi connectivity index (χ1) is 14.8. The van der Waals surface area contributed by atoms with Crippen LogP contribution < -0.4 is 20.7 Å². The van der Waals surface area contributed by atoms with Crippen molar-refractivity contribution in [1.82, 2.24) is 15.6 Å². The monoisotopic (exact) mass is 466 g/mol. The fourth-order valence-corrected chi connectivity index (χ4v) is 3.87. The van der Waals surface area contributed by atoms with Gasteiger partial charge in [0.25, 0.3) is 11.8 Å². The van der Waals surface area contributed by atoms with E-state index in [4.69, 9.17) is 27.9 Å². The molecule has 0 saturated carbocycles. The van der Waals surface area contributed by atoms with E-state index in [1.807, 2.05) is 13.8 Å². The van der Waals surface area contributed by atoms with Crippen molar-refractivity contribution in [3.05, 3.63) is 45.2 Å². The zero-order valence-electron chi connectivity index (χ0n) is 17.9. The van der Waals surface area contributed by atoms with Gasteiger partial charge in [-0.05, 0) is 70.8 Å². The van der Waals surface area contributed by atoms with Crippen molar-refractivity contribution in [3.63, 3.8) is 0 Å². The molecule has 9 heteroatoms. The number of rotatable bonds is 7. The van der Waals surface area contributed by atoms with Gasteiger partial charge in [-0.2, -0.15) is 0 Å². The van der Waals surface area contributed by atoms with Gasteiger partial charge in [0.2, 0.25) is 0 Å². The molecule has 31 heavy (non-hydrogen) atoms. The van der Waals surface area contributed by atoms with Gasteiger partial charge in [0.15, 0.2) is 0 Å². The maximum absolute atomic E-state index is 12.7. The number of benzene rings is 1. The Balaban J connectivity index is 1.75. The topological polar surface area (TPSA) is 95.2 Å². The summed E-state index contributed by atoms with van der Waals surface area (Å²) in [6.07, 6.45) is 1.96. The number of carbonyl (C=O) groups excluding carboxylic acids is 2. The van der Waals surface area contributed by atoms with E-state index in [9.17, 15) is 9.59 Å². The average molecular weight is 467 g/mol. The fraction of sp³-hybridized carbons (Fsp3) is 0.455. The zero-order valence-corrected chi connectivity index (χ0v) is 19.4. The molecule has 0 unspecified atom stereocenters. The number of halogens is 2. The van der Waals surface area contributed by atoms with Gasteiger partial charge in [-0.3, -0.25) is 9.59 Å². The molecule has 1 fully saturated rings. The third-order valence-electron chi connectivity index (χ3n) is 5.15. The van der Waals surface area contributed by atoms with Crippen molar-refractivity contribution in [3.8, 4) is 5.75 Å². The predicted molar refractivity (Wildman–Crippen MR) is 124 cm³/mol. The van der Waals surface area contributed by atoms with Crippen LogP contribution in [0.25, 0.3) is 0 Å². The van der Waals surface area contributed by atoms with Gasteiger partial charge in [-0.25, -0.2) is 0 Å². The van der Waals surface area contributed by atoms with Crippen LogP contribution in [0.3, 0.4) is 0 Å². The lowest BCUT2D eigenvalue weighted by Gasteiger charge is -2.23. The molecule has 1 aliphatic rings. The van der Waals surface area contributed by atoms with Gasteiger partial charge < -0.3 is 25.7 Å². The third kappa shape index (κ3) is 5.93. The van der Waals surface area contributed by atoms with Gasteiger partial charge >= 0.3 is 0 Å². The Morgan fingerprint density at radius 2 is 1.87 bits per heavy atom. The van der Waals surface area contributed by atoms with Crippen LogP contribution in [-0.4, -0.2) is 42.5 Å². The van der Waals surface area contributed by atoms with Crippen molar-refractivity contribution in [2.45, 2.75) is 39.7 Å². The molecule has 0 aliphatic carbocycles. The van der Waals surface area contributed by atoms with Gasteiger partial charge in [0, 0.05) is 17.8 Å². The Kier molecular flexibility index (Phi) is 7.86. The molecule has 0 bridgehead atoms. The lowest BCUT2D eigenvalue weighted by molar-refractivity contribution is 0.0943. The summed E-state index contributed by atoms with van der Waals surface area (Å²) in [4.78, 5) is 28.3. The first-order valence-electron chi connectivity index (χ1n) is 10.4. The van der Waals surface area contributed by atoms with Crippen LogP contribution in [-0.2, 0) is 0 Å². The van der Waals surface area contributed by atoms with Crippen molar-refractivity contribution >= 4 is 40.7 Å². The van der Waals surface area contributed by atoms with Crippen LogP contribution in [0.5, 0.6) is 5.75 Å². The molecule has 0 radical (unpaired) electrons. The van der Waals surface area contributed by atoms with Gasteiger partial charge in [0.05, 0.1) is 21.8 Å². The van der Waals surface area contributed by atoms with E-state index in [2.05, 4.69) is 20.9 Å². The number of amides is 2. The average Bonchev–Trinajstić information content (AvgIpc) is 3.01. The normalized spacial score (nSPS) is 14.5. The van der Waals surface area contributed by atoms with Gasteiger partial charge in [-0.1, -0.05) is 23.2 Å². The van der Waals surface area contributed by atoms with E-state index in [0.29, 0.717) is 40.2 Å². The predicted octanol–water partition coefficient (Wildman–Crippen LogP) is 4.40. The Labute approximate surface area is 192 Å². The van der Waals surface area contributed by atoms with Crippen molar-refractivity contribution in [1.29, 1.82) is 0 Å². The van der Waals surface area contributed by atoms with E-state index in [1.54, 1.807) is 25.1 Å². The van der Waals surface area contributed by atoms with Crippen LogP contribution in [0.4, 0.5) is 5.69 Å². The molecule has 4 N–H and O–H groups in total. The summed E-state index contributed by atoms with van der Waals surface area (Å²) in [7, 11) is 0. The van der Waals surface area contributed by atoms with Crippen LogP contribution >= 0.6 is 23.2 Å². The summed E-state index contributed by atoms with van der Waals surface area (Å²) in [5.74, 6) is 0.274. The molecule has 2 aromatic rings. The minimum absolute atomic E-state index is 0.144. The second kappa shape index (κ2) is 10.4. The summed E-state index contributed by atoms with van der Waals surface area (Å²) in [6, 6.07) is 4.96. The summed E-state index contributed by atoms with van der Waals surface area (Å²) in [5, 5.41) is 9.59. The molecule has 1 saturated heterocycles. The van der Waals surface area contributed by atoms with Crippen molar-refractivity contribution in [2.75, 3.05) is 25.0 Å². The molecule has 7 nitrogen and oxygen atoms in total. The molecule has 2 amide bonds. The van der Waals surface area contributed by atoms with Gasteiger partial charge in [0.1, 0.15) is 11.4 Å². The number of aromatic amines is 1. The van der Waals surface area contributed by atoms with Crippen LogP contribution in [0.2, 0.25) is 10.0 Å². The van der Waals surface area contributed by atoms with Gasteiger partial charge in [-0.15, -0.1) is 0 Å². The fourth-order valence-electron chi connectivity index (χ4n) is 3.46. The number of ether oxygens (including phenoxy) is 1. The standard InChI is InChI=1S/C22H28Cl2N4O3/c1-12(2)31-17-10-15(21(29)26-11-14-6-8-25-9-7-14)4-5-16(17)28-22(30)20-19(24)18(23)13(3)27-20/h4-5,10,12,14,25,27H,6-9,11H2,1-3H3,(H,26,29)(H,28,30). The highest BCUT2D eigenvalue weighted by Crippen LogP contribution is 2.32. The highest BCUT2D eigenvalue weighted by Gasteiger charge is 2.21. The van der Waals surface area contributed by atoms with E-state index in [-0.39, 0.29) is 22.7 Å². The Morgan fingerprint density at radius 1 is 1.16 bits per heavy atom. The minimum atomic E-state index is -0.447. The highest BCUT2D eigenvalue weighted by atomic mass is 35.5. The number of carbonyl (C=O) groups is 2.